The van der Waals surface area contributed by atoms with Crippen LogP contribution in [-0.2, 0) is 0 Å². The van der Waals surface area contributed by atoms with Crippen LogP contribution in [0.2, 0.25) is 0 Å². The standard InChI is InChI=1S/C8H7BrClFO/c9-5-2-1-3-6(11)8(5)7(12)4-10/h1-3,7,12H,4H2/t7-/m0/s1. The first-order valence-corrected chi connectivity index (χ1v) is 4.67. The Hall–Kier alpha value is -0.120. The molecule has 1 atom stereocenters. The van der Waals surface area contributed by atoms with Crippen LogP contribution in [0, 0.1) is 5.82 Å². The zero-order chi connectivity index (χ0) is 9.14. The minimum atomic E-state index is -0.956. The molecule has 0 radical (unpaired) electrons. The summed E-state index contributed by atoms with van der Waals surface area (Å²) in [6.07, 6.45) is -0.956. The van der Waals surface area contributed by atoms with E-state index in [1.807, 2.05) is 0 Å². The molecular formula is C8H7BrClFO. The lowest BCUT2D eigenvalue weighted by atomic mass is 10.1. The molecule has 1 rings (SSSR count). The van der Waals surface area contributed by atoms with Crippen LogP contribution in [0.5, 0.6) is 0 Å². The highest BCUT2D eigenvalue weighted by Gasteiger charge is 2.14. The van der Waals surface area contributed by atoms with Gasteiger partial charge in [-0.3, -0.25) is 0 Å². The van der Waals surface area contributed by atoms with Crippen molar-refractivity contribution in [2.75, 3.05) is 5.88 Å². The lowest BCUT2D eigenvalue weighted by molar-refractivity contribution is 0.196. The summed E-state index contributed by atoms with van der Waals surface area (Å²) in [6, 6.07) is 4.51. The quantitative estimate of drug-likeness (QED) is 0.804. The molecule has 0 aliphatic carbocycles. The third-order valence-corrected chi connectivity index (χ3v) is 2.46. The number of hydrogen-bond acceptors (Lipinski definition) is 1. The average molecular weight is 253 g/mol. The molecule has 4 heteroatoms. The second-order valence-electron chi connectivity index (χ2n) is 2.31. The van der Waals surface area contributed by atoms with Crippen LogP contribution in [0.15, 0.2) is 22.7 Å². The molecule has 0 fully saturated rings. The van der Waals surface area contributed by atoms with E-state index in [9.17, 15) is 9.50 Å². The van der Waals surface area contributed by atoms with E-state index >= 15 is 0 Å². The fourth-order valence-electron chi connectivity index (χ4n) is 0.906. The molecule has 0 saturated carbocycles. The van der Waals surface area contributed by atoms with Gasteiger partial charge in [0.15, 0.2) is 0 Å². The third kappa shape index (κ3) is 1.97. The summed E-state index contributed by atoms with van der Waals surface area (Å²) in [5, 5.41) is 9.29. The van der Waals surface area contributed by atoms with E-state index < -0.39 is 11.9 Å². The van der Waals surface area contributed by atoms with Crippen LogP contribution in [0.4, 0.5) is 4.39 Å². The zero-order valence-electron chi connectivity index (χ0n) is 6.10. The van der Waals surface area contributed by atoms with Crippen LogP contribution in [0.25, 0.3) is 0 Å². The maximum Gasteiger partial charge on any atom is 0.130 e. The topological polar surface area (TPSA) is 20.2 Å². The number of rotatable bonds is 2. The highest BCUT2D eigenvalue weighted by Crippen LogP contribution is 2.26. The van der Waals surface area contributed by atoms with Gasteiger partial charge < -0.3 is 5.11 Å². The van der Waals surface area contributed by atoms with Gasteiger partial charge >= 0.3 is 0 Å². The summed E-state index contributed by atoms with van der Waals surface area (Å²) < 4.78 is 13.6. The fourth-order valence-corrected chi connectivity index (χ4v) is 1.67. The van der Waals surface area contributed by atoms with E-state index in [0.717, 1.165) is 0 Å². The Morgan fingerprint density at radius 2 is 2.25 bits per heavy atom. The van der Waals surface area contributed by atoms with Crippen molar-refractivity contribution in [1.82, 2.24) is 0 Å². The number of aliphatic hydroxyl groups is 1. The molecule has 0 aliphatic rings. The van der Waals surface area contributed by atoms with Crippen LogP contribution < -0.4 is 0 Å². The first-order valence-electron chi connectivity index (χ1n) is 3.34. The Labute approximate surface area is 83.3 Å². The first kappa shape index (κ1) is 9.96. The molecule has 0 aliphatic heterocycles. The van der Waals surface area contributed by atoms with Gasteiger partial charge in [-0.1, -0.05) is 22.0 Å². The Bertz CT molecular complexity index is 260. The molecule has 0 spiro atoms. The number of halogens is 3. The summed E-state index contributed by atoms with van der Waals surface area (Å²) >= 11 is 8.52. The van der Waals surface area contributed by atoms with Crippen LogP contribution in [0.3, 0.4) is 0 Å². The number of alkyl halides is 1. The van der Waals surface area contributed by atoms with Crippen LogP contribution in [0.1, 0.15) is 11.7 Å². The van der Waals surface area contributed by atoms with Gasteiger partial charge in [0, 0.05) is 10.0 Å². The van der Waals surface area contributed by atoms with E-state index in [1.54, 1.807) is 12.1 Å². The van der Waals surface area contributed by atoms with Gasteiger partial charge in [-0.05, 0) is 12.1 Å². The van der Waals surface area contributed by atoms with Crippen LogP contribution in [-0.4, -0.2) is 11.0 Å². The maximum absolute atomic E-state index is 13.0. The van der Waals surface area contributed by atoms with Gasteiger partial charge in [-0.25, -0.2) is 4.39 Å². The summed E-state index contributed by atoms with van der Waals surface area (Å²) in [6.45, 7) is 0. The van der Waals surface area contributed by atoms with Gasteiger partial charge in [0.2, 0.25) is 0 Å². The van der Waals surface area contributed by atoms with E-state index in [0.29, 0.717) is 4.47 Å². The molecule has 0 unspecified atom stereocenters. The highest BCUT2D eigenvalue weighted by atomic mass is 79.9. The van der Waals surface area contributed by atoms with Gasteiger partial charge in [-0.2, -0.15) is 0 Å². The lowest BCUT2D eigenvalue weighted by Gasteiger charge is -2.09. The first-order chi connectivity index (χ1) is 5.66. The van der Waals surface area contributed by atoms with Gasteiger partial charge in [0.1, 0.15) is 5.82 Å². The average Bonchev–Trinajstić information content (AvgIpc) is 2.03. The zero-order valence-corrected chi connectivity index (χ0v) is 8.44. The molecule has 0 amide bonds. The van der Waals surface area contributed by atoms with Crippen molar-refractivity contribution >= 4 is 27.5 Å². The third-order valence-electron chi connectivity index (χ3n) is 1.48. The number of aliphatic hydroxyl groups excluding tert-OH is 1. The molecule has 1 N–H and O–H groups in total. The fraction of sp³-hybridized carbons (Fsp3) is 0.250. The molecule has 0 bridgehead atoms. The molecule has 1 aromatic rings. The van der Waals surface area contributed by atoms with Crippen molar-refractivity contribution in [2.45, 2.75) is 6.10 Å². The molecule has 1 nitrogen and oxygen atoms in total. The molecule has 12 heavy (non-hydrogen) atoms. The van der Waals surface area contributed by atoms with Crippen molar-refractivity contribution in [1.29, 1.82) is 0 Å². The lowest BCUT2D eigenvalue weighted by Crippen LogP contribution is -2.02. The molecule has 0 heterocycles. The predicted octanol–water partition coefficient (Wildman–Crippen LogP) is 2.86. The largest absolute Gasteiger partial charge is 0.387 e. The summed E-state index contributed by atoms with van der Waals surface area (Å²) in [7, 11) is 0. The van der Waals surface area contributed by atoms with Crippen molar-refractivity contribution in [3.63, 3.8) is 0 Å². The molecule has 1 aromatic carbocycles. The molecule has 66 valence electrons. The Morgan fingerprint density at radius 1 is 1.58 bits per heavy atom. The second-order valence-corrected chi connectivity index (χ2v) is 3.47. The highest BCUT2D eigenvalue weighted by molar-refractivity contribution is 9.10. The monoisotopic (exact) mass is 252 g/mol. The smallest absolute Gasteiger partial charge is 0.130 e. The van der Waals surface area contributed by atoms with Gasteiger partial charge in [0.25, 0.3) is 0 Å². The molecular weight excluding hydrogens is 246 g/mol. The minimum absolute atomic E-state index is 0.0144. The Morgan fingerprint density at radius 3 is 2.75 bits per heavy atom. The Kier molecular flexibility index (Phi) is 3.50. The molecule has 0 saturated heterocycles. The minimum Gasteiger partial charge on any atom is -0.387 e. The summed E-state index contributed by atoms with van der Waals surface area (Å²) in [5.41, 5.74) is 0.215. The summed E-state index contributed by atoms with van der Waals surface area (Å²) in [5.74, 6) is -0.461. The van der Waals surface area contributed by atoms with E-state index in [4.69, 9.17) is 11.6 Å². The SMILES string of the molecule is O[C@@H](CCl)c1c(F)cccc1Br. The predicted molar refractivity (Wildman–Crippen MR) is 49.8 cm³/mol. The van der Waals surface area contributed by atoms with E-state index in [-0.39, 0.29) is 11.4 Å². The maximum atomic E-state index is 13.0. The normalized spacial score (nSPS) is 13.0. The van der Waals surface area contributed by atoms with E-state index in [2.05, 4.69) is 15.9 Å². The van der Waals surface area contributed by atoms with Crippen molar-refractivity contribution in [2.24, 2.45) is 0 Å². The Balaban J connectivity index is 3.12. The molecule has 0 aromatic heterocycles. The summed E-state index contributed by atoms with van der Waals surface area (Å²) in [4.78, 5) is 0. The van der Waals surface area contributed by atoms with Crippen molar-refractivity contribution in [3.05, 3.63) is 34.1 Å². The number of hydrogen-bond donors (Lipinski definition) is 1. The van der Waals surface area contributed by atoms with Crippen molar-refractivity contribution in [3.8, 4) is 0 Å². The van der Waals surface area contributed by atoms with Crippen LogP contribution >= 0.6 is 27.5 Å². The second kappa shape index (κ2) is 4.21. The van der Waals surface area contributed by atoms with Crippen molar-refractivity contribution < 1.29 is 9.50 Å². The van der Waals surface area contributed by atoms with Gasteiger partial charge in [0.05, 0.1) is 12.0 Å². The van der Waals surface area contributed by atoms with Gasteiger partial charge in [-0.15, -0.1) is 11.6 Å². The van der Waals surface area contributed by atoms with E-state index in [1.165, 1.54) is 6.07 Å². The number of benzene rings is 1.